The van der Waals surface area contributed by atoms with Crippen LogP contribution in [0.4, 0.5) is 0 Å². The van der Waals surface area contributed by atoms with Crippen molar-refractivity contribution in [1.82, 2.24) is 20.0 Å². The maximum atomic E-state index is 12.4. The maximum absolute atomic E-state index is 12.4. The van der Waals surface area contributed by atoms with Crippen molar-refractivity contribution in [1.29, 1.82) is 0 Å². The van der Waals surface area contributed by atoms with Gasteiger partial charge in [0.2, 0.25) is 0 Å². The van der Waals surface area contributed by atoms with Crippen LogP contribution in [-0.2, 0) is 0 Å². The molecule has 1 aromatic rings. The van der Waals surface area contributed by atoms with E-state index in [1.165, 1.54) is 0 Å². The molecule has 19 heavy (non-hydrogen) atoms. The highest BCUT2D eigenvalue weighted by molar-refractivity contribution is 6.34. The maximum Gasteiger partial charge on any atom is 0.275 e. The van der Waals surface area contributed by atoms with E-state index in [0.717, 1.165) is 38.0 Å². The Bertz CT molecular complexity index is 457. The van der Waals surface area contributed by atoms with Crippen LogP contribution in [0.5, 0.6) is 0 Å². The van der Waals surface area contributed by atoms with E-state index in [-0.39, 0.29) is 5.91 Å². The van der Waals surface area contributed by atoms with E-state index in [2.05, 4.69) is 29.2 Å². The molecule has 2 rings (SSSR count). The number of aryl methyl sites for hydroxylation is 1. The first-order valence-corrected chi connectivity index (χ1v) is 7.04. The molecule has 0 saturated carbocycles. The standard InChI is InChI=1S/C13H21ClN4O/c1-9-11(14)12(16-15-9)13(19)18-7-4-5-10(6-8-18)17(2)3/h10H,4-8H2,1-3H3,(H,15,16)/t10-/m1/s1. The molecule has 0 spiro atoms. The summed E-state index contributed by atoms with van der Waals surface area (Å²) in [5.74, 6) is -0.0613. The van der Waals surface area contributed by atoms with Crippen molar-refractivity contribution in [2.75, 3.05) is 27.2 Å². The van der Waals surface area contributed by atoms with Gasteiger partial charge in [0.15, 0.2) is 5.69 Å². The number of nitrogens with one attached hydrogen (secondary N) is 1. The van der Waals surface area contributed by atoms with E-state index < -0.39 is 0 Å². The summed E-state index contributed by atoms with van der Waals surface area (Å²) < 4.78 is 0. The number of carbonyl (C=O) groups is 1. The summed E-state index contributed by atoms with van der Waals surface area (Å²) in [6.07, 6.45) is 3.15. The molecule has 1 aromatic heterocycles. The summed E-state index contributed by atoms with van der Waals surface area (Å²) in [4.78, 5) is 16.5. The first-order valence-electron chi connectivity index (χ1n) is 6.67. The molecule has 1 atom stereocenters. The van der Waals surface area contributed by atoms with Crippen LogP contribution >= 0.6 is 11.6 Å². The molecular formula is C13H21ClN4O. The van der Waals surface area contributed by atoms with Gasteiger partial charge in [-0.1, -0.05) is 11.6 Å². The molecule has 0 aliphatic carbocycles. The number of hydrogen-bond acceptors (Lipinski definition) is 3. The predicted octanol–water partition coefficient (Wildman–Crippen LogP) is 1.93. The van der Waals surface area contributed by atoms with Crippen LogP contribution in [0.1, 0.15) is 35.4 Å². The van der Waals surface area contributed by atoms with Gasteiger partial charge in [-0.3, -0.25) is 9.89 Å². The number of halogens is 1. The molecule has 6 heteroatoms. The monoisotopic (exact) mass is 284 g/mol. The molecule has 1 fully saturated rings. The first-order chi connectivity index (χ1) is 9.00. The summed E-state index contributed by atoms with van der Waals surface area (Å²) >= 11 is 6.09. The van der Waals surface area contributed by atoms with Crippen LogP contribution in [0, 0.1) is 6.92 Å². The second-order valence-corrected chi connectivity index (χ2v) is 5.73. The topological polar surface area (TPSA) is 52.2 Å². The predicted molar refractivity (Wildman–Crippen MR) is 75.6 cm³/mol. The zero-order valence-electron chi connectivity index (χ0n) is 11.7. The van der Waals surface area contributed by atoms with E-state index in [1.807, 2.05) is 11.8 Å². The van der Waals surface area contributed by atoms with Crippen molar-refractivity contribution in [3.8, 4) is 0 Å². The molecule has 2 heterocycles. The lowest BCUT2D eigenvalue weighted by Crippen LogP contribution is -2.34. The van der Waals surface area contributed by atoms with E-state index in [0.29, 0.717) is 16.8 Å². The van der Waals surface area contributed by atoms with Gasteiger partial charge in [0.25, 0.3) is 5.91 Å². The highest BCUT2D eigenvalue weighted by Crippen LogP contribution is 2.21. The number of hydrogen-bond donors (Lipinski definition) is 1. The van der Waals surface area contributed by atoms with Gasteiger partial charge in [0.05, 0.1) is 10.7 Å². The van der Waals surface area contributed by atoms with Crippen LogP contribution in [0.15, 0.2) is 0 Å². The number of amides is 1. The lowest BCUT2D eigenvalue weighted by molar-refractivity contribution is 0.0753. The Balaban J connectivity index is 2.06. The zero-order valence-corrected chi connectivity index (χ0v) is 12.5. The molecule has 106 valence electrons. The zero-order chi connectivity index (χ0) is 14.0. The average Bonchev–Trinajstić information content (AvgIpc) is 2.60. The minimum absolute atomic E-state index is 0.0613. The third-order valence-electron chi connectivity index (χ3n) is 3.79. The Morgan fingerprint density at radius 2 is 2.16 bits per heavy atom. The number of carbonyl (C=O) groups excluding carboxylic acids is 1. The lowest BCUT2D eigenvalue weighted by atomic mass is 10.1. The third kappa shape index (κ3) is 3.09. The van der Waals surface area contributed by atoms with Gasteiger partial charge in [-0.2, -0.15) is 5.10 Å². The molecule has 0 bridgehead atoms. The Kier molecular flexibility index (Phi) is 4.47. The number of aromatic amines is 1. The van der Waals surface area contributed by atoms with Crippen molar-refractivity contribution >= 4 is 17.5 Å². The van der Waals surface area contributed by atoms with Gasteiger partial charge < -0.3 is 9.80 Å². The van der Waals surface area contributed by atoms with E-state index in [1.54, 1.807) is 0 Å². The second kappa shape index (κ2) is 5.92. The summed E-state index contributed by atoms with van der Waals surface area (Å²) in [7, 11) is 4.19. The van der Waals surface area contributed by atoms with Crippen molar-refractivity contribution in [2.45, 2.75) is 32.2 Å². The Labute approximate surface area is 118 Å². The fourth-order valence-electron chi connectivity index (χ4n) is 2.51. The molecule has 1 amide bonds. The number of likely N-dealkylation sites (tertiary alicyclic amines) is 1. The van der Waals surface area contributed by atoms with E-state index in [9.17, 15) is 4.79 Å². The molecular weight excluding hydrogens is 264 g/mol. The largest absolute Gasteiger partial charge is 0.337 e. The fourth-order valence-corrected chi connectivity index (χ4v) is 2.67. The Morgan fingerprint density at radius 1 is 1.42 bits per heavy atom. The first kappa shape index (κ1) is 14.3. The molecule has 0 unspecified atom stereocenters. The van der Waals surface area contributed by atoms with Crippen LogP contribution in [-0.4, -0.2) is 59.1 Å². The summed E-state index contributed by atoms with van der Waals surface area (Å²) in [6, 6.07) is 0.550. The number of nitrogens with zero attached hydrogens (tertiary/aromatic N) is 3. The van der Waals surface area contributed by atoms with E-state index >= 15 is 0 Å². The minimum Gasteiger partial charge on any atom is -0.337 e. The molecule has 1 N–H and O–H groups in total. The van der Waals surface area contributed by atoms with Gasteiger partial charge in [-0.05, 0) is 40.3 Å². The van der Waals surface area contributed by atoms with Crippen LogP contribution < -0.4 is 0 Å². The van der Waals surface area contributed by atoms with Crippen molar-refractivity contribution in [2.24, 2.45) is 0 Å². The fraction of sp³-hybridized carbons (Fsp3) is 0.692. The molecule has 1 aliphatic heterocycles. The number of aromatic nitrogens is 2. The summed E-state index contributed by atoms with van der Waals surface area (Å²) in [5.41, 5.74) is 1.09. The molecule has 1 aliphatic rings. The van der Waals surface area contributed by atoms with Crippen LogP contribution in [0.25, 0.3) is 0 Å². The summed E-state index contributed by atoms with van der Waals surface area (Å²) in [6.45, 7) is 3.37. The number of H-pyrrole nitrogens is 1. The quantitative estimate of drug-likeness (QED) is 0.903. The second-order valence-electron chi connectivity index (χ2n) is 5.35. The summed E-state index contributed by atoms with van der Waals surface area (Å²) in [5, 5.41) is 7.22. The van der Waals surface area contributed by atoms with Gasteiger partial charge in [0, 0.05) is 19.1 Å². The SMILES string of the molecule is Cc1[nH]nc(C(=O)N2CCC[C@@H](N(C)C)CC2)c1Cl. The van der Waals surface area contributed by atoms with Crippen LogP contribution in [0.2, 0.25) is 5.02 Å². The normalized spacial score (nSPS) is 20.7. The Morgan fingerprint density at radius 3 is 2.74 bits per heavy atom. The third-order valence-corrected chi connectivity index (χ3v) is 4.25. The Hall–Kier alpha value is -1.07. The lowest BCUT2D eigenvalue weighted by Gasteiger charge is -2.23. The van der Waals surface area contributed by atoms with E-state index in [4.69, 9.17) is 11.6 Å². The molecule has 0 aromatic carbocycles. The molecule has 5 nitrogen and oxygen atoms in total. The minimum atomic E-state index is -0.0613. The van der Waals surface area contributed by atoms with Crippen molar-refractivity contribution < 1.29 is 4.79 Å². The van der Waals surface area contributed by atoms with Gasteiger partial charge in [0.1, 0.15) is 0 Å². The van der Waals surface area contributed by atoms with Gasteiger partial charge in [-0.15, -0.1) is 0 Å². The number of rotatable bonds is 2. The highest BCUT2D eigenvalue weighted by atomic mass is 35.5. The van der Waals surface area contributed by atoms with Crippen LogP contribution in [0.3, 0.4) is 0 Å². The smallest absolute Gasteiger partial charge is 0.275 e. The highest BCUT2D eigenvalue weighted by Gasteiger charge is 2.25. The van der Waals surface area contributed by atoms with Crippen molar-refractivity contribution in [3.63, 3.8) is 0 Å². The van der Waals surface area contributed by atoms with Gasteiger partial charge >= 0.3 is 0 Å². The molecule has 1 saturated heterocycles. The molecule has 0 radical (unpaired) electrons. The average molecular weight is 285 g/mol. The van der Waals surface area contributed by atoms with Gasteiger partial charge in [-0.25, -0.2) is 0 Å². The van der Waals surface area contributed by atoms with Crippen molar-refractivity contribution in [3.05, 3.63) is 16.4 Å².